The van der Waals surface area contributed by atoms with Gasteiger partial charge in [-0.05, 0) is 43.0 Å². The molecule has 1 amide bonds. The SMILES string of the molecule is CN(C)c1ccc(-c2n[nH]c3c2C(C2CCCCC2)N(c2ccc(-c4ccon4)cc2)C3=O)cc1. The molecule has 7 nitrogen and oxygen atoms in total. The van der Waals surface area contributed by atoms with Gasteiger partial charge in [-0.15, -0.1) is 0 Å². The van der Waals surface area contributed by atoms with Gasteiger partial charge in [0.2, 0.25) is 0 Å². The van der Waals surface area contributed by atoms with Gasteiger partial charge in [-0.1, -0.05) is 48.7 Å². The topological polar surface area (TPSA) is 78.3 Å². The van der Waals surface area contributed by atoms with Crippen molar-refractivity contribution in [3.8, 4) is 22.5 Å². The predicted octanol–water partition coefficient (Wildman–Crippen LogP) is 6.08. The molecule has 6 rings (SSSR count). The number of hydrogen-bond acceptors (Lipinski definition) is 5. The number of amides is 1. The van der Waals surface area contributed by atoms with Crippen LogP contribution in [-0.4, -0.2) is 35.4 Å². The van der Waals surface area contributed by atoms with Gasteiger partial charge >= 0.3 is 0 Å². The number of fused-ring (bicyclic) bond motifs is 1. The highest BCUT2D eigenvalue weighted by Crippen LogP contribution is 2.49. The van der Waals surface area contributed by atoms with Crippen molar-refractivity contribution in [1.29, 1.82) is 0 Å². The average Bonchev–Trinajstić information content (AvgIpc) is 3.63. The summed E-state index contributed by atoms with van der Waals surface area (Å²) >= 11 is 0. The number of carbonyl (C=O) groups is 1. The molecule has 1 fully saturated rings. The minimum Gasteiger partial charge on any atom is -0.378 e. The first kappa shape index (κ1) is 21.6. The summed E-state index contributed by atoms with van der Waals surface area (Å²) in [4.78, 5) is 17.8. The first-order valence-corrected chi connectivity index (χ1v) is 12.3. The molecule has 1 saturated carbocycles. The second-order valence-electron chi connectivity index (χ2n) is 9.75. The lowest BCUT2D eigenvalue weighted by atomic mass is 9.80. The molecular weight excluding hydrogens is 438 g/mol. The second kappa shape index (κ2) is 8.73. The molecule has 1 atom stereocenters. The fraction of sp³-hybridized carbons (Fsp3) is 0.321. The van der Waals surface area contributed by atoms with E-state index in [1.54, 1.807) is 6.26 Å². The number of anilines is 2. The minimum absolute atomic E-state index is 0.00609. The summed E-state index contributed by atoms with van der Waals surface area (Å²) < 4.78 is 4.99. The molecule has 0 spiro atoms. The summed E-state index contributed by atoms with van der Waals surface area (Å²) in [6.45, 7) is 0. The largest absolute Gasteiger partial charge is 0.378 e. The van der Waals surface area contributed by atoms with Crippen molar-refractivity contribution in [1.82, 2.24) is 15.4 Å². The molecule has 2 aromatic carbocycles. The van der Waals surface area contributed by atoms with E-state index in [0.29, 0.717) is 11.6 Å². The fourth-order valence-electron chi connectivity index (χ4n) is 5.64. The lowest BCUT2D eigenvalue weighted by Crippen LogP contribution is -2.33. The Morgan fingerprint density at radius 1 is 0.943 bits per heavy atom. The van der Waals surface area contributed by atoms with Crippen molar-refractivity contribution < 1.29 is 9.32 Å². The molecule has 1 aliphatic carbocycles. The molecule has 0 radical (unpaired) electrons. The highest BCUT2D eigenvalue weighted by atomic mass is 16.5. The lowest BCUT2D eigenvalue weighted by molar-refractivity contribution is 0.0977. The van der Waals surface area contributed by atoms with Crippen molar-refractivity contribution in [2.45, 2.75) is 38.1 Å². The number of benzene rings is 2. The van der Waals surface area contributed by atoms with E-state index in [1.165, 1.54) is 19.3 Å². The van der Waals surface area contributed by atoms with E-state index in [4.69, 9.17) is 4.52 Å². The lowest BCUT2D eigenvalue weighted by Gasteiger charge is -2.35. The van der Waals surface area contributed by atoms with Crippen LogP contribution in [0.1, 0.15) is 54.2 Å². The maximum atomic E-state index is 13.8. The van der Waals surface area contributed by atoms with Gasteiger partial charge in [-0.25, -0.2) is 0 Å². The van der Waals surface area contributed by atoms with Crippen LogP contribution in [0.3, 0.4) is 0 Å². The predicted molar refractivity (Wildman–Crippen MR) is 136 cm³/mol. The third-order valence-electron chi connectivity index (χ3n) is 7.44. The molecule has 4 aromatic rings. The van der Waals surface area contributed by atoms with Crippen molar-refractivity contribution in [3.05, 3.63) is 72.1 Å². The Morgan fingerprint density at radius 2 is 1.66 bits per heavy atom. The highest BCUT2D eigenvalue weighted by Gasteiger charge is 2.45. The van der Waals surface area contributed by atoms with Crippen LogP contribution in [0.25, 0.3) is 22.5 Å². The summed E-state index contributed by atoms with van der Waals surface area (Å²) in [5.41, 5.74) is 7.36. The van der Waals surface area contributed by atoms with Crippen LogP contribution in [0.15, 0.2) is 65.4 Å². The second-order valence-corrected chi connectivity index (χ2v) is 9.75. The highest BCUT2D eigenvalue weighted by molar-refractivity contribution is 6.11. The van der Waals surface area contributed by atoms with E-state index in [0.717, 1.165) is 52.3 Å². The number of carbonyl (C=O) groups excluding carboxylic acids is 1. The number of nitrogens with one attached hydrogen (secondary N) is 1. The standard InChI is InChI=1S/C28H29N5O2/c1-32(2)21-12-10-19(11-13-21)25-24-26(30-29-25)28(34)33(27(24)20-6-4-3-5-7-20)22-14-8-18(9-15-22)23-16-17-35-31-23/h8-17,20,27H,3-7H2,1-2H3,(H,29,30). The molecule has 0 saturated heterocycles. The van der Waals surface area contributed by atoms with Gasteiger partial charge in [0, 0.05) is 48.2 Å². The van der Waals surface area contributed by atoms with Gasteiger partial charge in [0.1, 0.15) is 17.7 Å². The Labute approximate surface area is 204 Å². The molecule has 2 aromatic heterocycles. The summed E-state index contributed by atoms with van der Waals surface area (Å²) in [5, 5.41) is 11.8. The molecule has 1 unspecified atom stereocenters. The Balaban J connectivity index is 1.42. The van der Waals surface area contributed by atoms with E-state index in [2.05, 4.69) is 44.5 Å². The van der Waals surface area contributed by atoms with Crippen LogP contribution in [-0.2, 0) is 0 Å². The number of nitrogens with zero attached hydrogens (tertiary/aromatic N) is 4. The summed E-state index contributed by atoms with van der Waals surface area (Å²) in [6, 6.07) is 18.3. The Morgan fingerprint density at radius 3 is 2.31 bits per heavy atom. The summed E-state index contributed by atoms with van der Waals surface area (Å²) in [5.74, 6) is 0.398. The molecule has 2 aliphatic rings. The third kappa shape index (κ3) is 3.71. The van der Waals surface area contributed by atoms with E-state index < -0.39 is 0 Å². The van der Waals surface area contributed by atoms with Crippen LogP contribution in [0.2, 0.25) is 0 Å². The van der Waals surface area contributed by atoms with Crippen LogP contribution in [0, 0.1) is 5.92 Å². The van der Waals surface area contributed by atoms with Crippen molar-refractivity contribution in [2.24, 2.45) is 5.92 Å². The van der Waals surface area contributed by atoms with E-state index in [1.807, 2.05) is 49.3 Å². The Bertz CT molecular complexity index is 1320. The third-order valence-corrected chi connectivity index (χ3v) is 7.44. The number of aromatic nitrogens is 3. The molecule has 7 heteroatoms. The van der Waals surface area contributed by atoms with Crippen molar-refractivity contribution in [2.75, 3.05) is 23.9 Å². The number of hydrogen-bond donors (Lipinski definition) is 1. The summed E-state index contributed by atoms with van der Waals surface area (Å²) in [7, 11) is 4.07. The molecule has 1 N–H and O–H groups in total. The zero-order valence-electron chi connectivity index (χ0n) is 20.1. The van der Waals surface area contributed by atoms with Gasteiger partial charge in [0.05, 0.1) is 11.7 Å². The molecule has 3 heterocycles. The van der Waals surface area contributed by atoms with Crippen molar-refractivity contribution in [3.63, 3.8) is 0 Å². The van der Waals surface area contributed by atoms with Gasteiger partial charge in [0.15, 0.2) is 0 Å². The minimum atomic E-state index is -0.0297. The van der Waals surface area contributed by atoms with Crippen LogP contribution in [0.4, 0.5) is 11.4 Å². The normalized spacial score (nSPS) is 18.2. The Hall–Kier alpha value is -3.87. The van der Waals surface area contributed by atoms with Crippen LogP contribution < -0.4 is 9.80 Å². The summed E-state index contributed by atoms with van der Waals surface area (Å²) in [6.07, 6.45) is 7.48. The molecular formula is C28H29N5O2. The van der Waals surface area contributed by atoms with Gasteiger partial charge in [-0.2, -0.15) is 5.10 Å². The number of rotatable bonds is 5. The quantitative estimate of drug-likeness (QED) is 0.385. The smallest absolute Gasteiger partial charge is 0.277 e. The molecule has 178 valence electrons. The van der Waals surface area contributed by atoms with E-state index >= 15 is 0 Å². The Kier molecular flexibility index (Phi) is 5.40. The van der Waals surface area contributed by atoms with Crippen molar-refractivity contribution >= 4 is 17.3 Å². The first-order chi connectivity index (χ1) is 17.1. The zero-order chi connectivity index (χ0) is 23.9. The molecule has 0 bridgehead atoms. The zero-order valence-corrected chi connectivity index (χ0v) is 20.1. The monoisotopic (exact) mass is 467 g/mol. The van der Waals surface area contributed by atoms with E-state index in [-0.39, 0.29) is 11.9 Å². The van der Waals surface area contributed by atoms with E-state index in [9.17, 15) is 4.79 Å². The van der Waals surface area contributed by atoms with Crippen LogP contribution >= 0.6 is 0 Å². The maximum Gasteiger partial charge on any atom is 0.277 e. The maximum absolute atomic E-state index is 13.8. The fourth-order valence-corrected chi connectivity index (χ4v) is 5.64. The number of H-pyrrole nitrogens is 1. The molecule has 1 aliphatic heterocycles. The first-order valence-electron chi connectivity index (χ1n) is 12.3. The average molecular weight is 468 g/mol. The van der Waals surface area contributed by atoms with Gasteiger partial charge in [0.25, 0.3) is 5.91 Å². The number of aromatic amines is 1. The van der Waals surface area contributed by atoms with Gasteiger partial charge in [-0.3, -0.25) is 14.8 Å². The van der Waals surface area contributed by atoms with Crippen LogP contribution in [0.5, 0.6) is 0 Å². The van der Waals surface area contributed by atoms with Gasteiger partial charge < -0.3 is 9.42 Å². The molecule has 35 heavy (non-hydrogen) atoms.